The molecule has 24 heavy (non-hydrogen) atoms. The summed E-state index contributed by atoms with van der Waals surface area (Å²) in [5, 5.41) is 13.7. The van der Waals surface area contributed by atoms with Crippen LogP contribution in [0.3, 0.4) is 0 Å². The van der Waals surface area contributed by atoms with Gasteiger partial charge in [-0.2, -0.15) is 0 Å². The predicted molar refractivity (Wildman–Crippen MR) is 93.0 cm³/mol. The first-order chi connectivity index (χ1) is 11.5. The maximum Gasteiger partial charge on any atom is 0.339 e. The first-order valence-corrected chi connectivity index (χ1v) is 8.09. The number of nitrogens with zero attached hydrogens (tertiary/aromatic N) is 2. The highest BCUT2D eigenvalue weighted by atomic mass is 79.9. The molecule has 7 nitrogen and oxygen atoms in total. The van der Waals surface area contributed by atoms with Crippen molar-refractivity contribution in [3.8, 4) is 0 Å². The van der Waals surface area contributed by atoms with Crippen molar-refractivity contribution in [2.24, 2.45) is 0 Å². The van der Waals surface area contributed by atoms with E-state index in [1.165, 1.54) is 18.3 Å². The number of rotatable bonds is 7. The van der Waals surface area contributed by atoms with E-state index in [1.54, 1.807) is 18.2 Å². The Morgan fingerprint density at radius 2 is 2.12 bits per heavy atom. The van der Waals surface area contributed by atoms with Gasteiger partial charge in [0.1, 0.15) is 18.6 Å². The van der Waals surface area contributed by atoms with E-state index in [1.807, 2.05) is 13.0 Å². The van der Waals surface area contributed by atoms with Gasteiger partial charge in [-0.25, -0.2) is 9.78 Å². The van der Waals surface area contributed by atoms with E-state index in [9.17, 15) is 14.9 Å². The molecular formula is C16H16BrN3O4. The third-order valence-corrected chi connectivity index (χ3v) is 4.00. The Morgan fingerprint density at radius 3 is 2.71 bits per heavy atom. The van der Waals surface area contributed by atoms with Crippen molar-refractivity contribution in [2.75, 3.05) is 11.9 Å². The summed E-state index contributed by atoms with van der Waals surface area (Å²) in [4.78, 5) is 26.2. The second-order valence-electron chi connectivity index (χ2n) is 4.99. The van der Waals surface area contributed by atoms with Gasteiger partial charge in [-0.05, 0) is 40.5 Å². The van der Waals surface area contributed by atoms with Gasteiger partial charge in [0.25, 0.3) is 5.69 Å². The predicted octanol–water partition coefficient (Wildman–Crippen LogP) is 3.80. The maximum absolute atomic E-state index is 12.1. The molecule has 0 radical (unpaired) electrons. The molecule has 0 aliphatic rings. The molecule has 0 aliphatic heterocycles. The standard InChI is InChI=1S/C16H16BrN3O4/c1-2-11(19-15-8-7-12(9-18-15)20(22)23)10-24-16(21)13-5-3-4-6-14(13)17/h3-9,11H,2,10H2,1H3,(H,18,19). The monoisotopic (exact) mass is 393 g/mol. The molecule has 1 aromatic carbocycles. The fourth-order valence-corrected chi connectivity index (χ4v) is 2.38. The van der Waals surface area contributed by atoms with Gasteiger partial charge in [-0.1, -0.05) is 19.1 Å². The number of hydrogen-bond donors (Lipinski definition) is 1. The quantitative estimate of drug-likeness (QED) is 0.436. The van der Waals surface area contributed by atoms with Crippen LogP contribution in [0.25, 0.3) is 0 Å². The molecule has 0 bridgehead atoms. The van der Waals surface area contributed by atoms with Gasteiger partial charge in [0.15, 0.2) is 0 Å². The second-order valence-corrected chi connectivity index (χ2v) is 5.84. The van der Waals surface area contributed by atoms with Crippen LogP contribution in [0.4, 0.5) is 11.5 Å². The number of carbonyl (C=O) groups excluding carboxylic acids is 1. The highest BCUT2D eigenvalue weighted by Crippen LogP contribution is 2.17. The van der Waals surface area contributed by atoms with Gasteiger partial charge in [-0.15, -0.1) is 0 Å². The van der Waals surface area contributed by atoms with Gasteiger partial charge < -0.3 is 10.1 Å². The van der Waals surface area contributed by atoms with E-state index in [4.69, 9.17) is 4.74 Å². The zero-order valence-electron chi connectivity index (χ0n) is 12.9. The lowest BCUT2D eigenvalue weighted by atomic mass is 10.2. The Balaban J connectivity index is 1.93. The summed E-state index contributed by atoms with van der Waals surface area (Å²) in [7, 11) is 0. The number of nitrogens with one attached hydrogen (secondary N) is 1. The summed E-state index contributed by atoms with van der Waals surface area (Å²) in [5.74, 6) is 0.0729. The number of pyridine rings is 1. The Labute approximate surface area is 147 Å². The van der Waals surface area contributed by atoms with Crippen LogP contribution < -0.4 is 5.32 Å². The Hall–Kier alpha value is -2.48. The molecule has 1 N–H and O–H groups in total. The maximum atomic E-state index is 12.1. The van der Waals surface area contributed by atoms with Crippen LogP contribution in [-0.2, 0) is 4.74 Å². The topological polar surface area (TPSA) is 94.4 Å². The van der Waals surface area contributed by atoms with Crippen LogP contribution in [0, 0.1) is 10.1 Å². The van der Waals surface area contributed by atoms with Crippen LogP contribution in [0.5, 0.6) is 0 Å². The molecule has 1 aromatic heterocycles. The third kappa shape index (κ3) is 4.76. The normalized spacial score (nSPS) is 11.6. The first-order valence-electron chi connectivity index (χ1n) is 7.30. The second kappa shape index (κ2) is 8.39. The average molecular weight is 394 g/mol. The average Bonchev–Trinajstić information content (AvgIpc) is 2.59. The molecule has 2 rings (SSSR count). The fourth-order valence-electron chi connectivity index (χ4n) is 1.93. The minimum absolute atomic E-state index is 0.0750. The lowest BCUT2D eigenvalue weighted by Gasteiger charge is -2.17. The first kappa shape index (κ1) is 17.9. The summed E-state index contributed by atoms with van der Waals surface area (Å²) in [5.41, 5.74) is 0.384. The van der Waals surface area contributed by atoms with Crippen LogP contribution >= 0.6 is 15.9 Å². The summed E-state index contributed by atoms with van der Waals surface area (Å²) in [6, 6.07) is 9.78. The van der Waals surface area contributed by atoms with E-state index in [0.29, 0.717) is 22.3 Å². The SMILES string of the molecule is CCC(COC(=O)c1ccccc1Br)Nc1ccc([N+](=O)[O-])cn1. The van der Waals surface area contributed by atoms with Crippen molar-refractivity contribution in [3.63, 3.8) is 0 Å². The smallest absolute Gasteiger partial charge is 0.339 e. The van der Waals surface area contributed by atoms with Crippen LogP contribution in [0.2, 0.25) is 0 Å². The number of halogens is 1. The van der Waals surface area contributed by atoms with E-state index in [0.717, 1.165) is 0 Å². The number of esters is 1. The summed E-state index contributed by atoms with van der Waals surface area (Å²) in [6.07, 6.45) is 1.88. The lowest BCUT2D eigenvalue weighted by Crippen LogP contribution is -2.26. The number of aromatic nitrogens is 1. The molecule has 0 saturated carbocycles. The molecule has 8 heteroatoms. The molecule has 0 saturated heterocycles. The number of benzene rings is 1. The molecule has 0 aliphatic carbocycles. The molecule has 2 aromatic rings. The van der Waals surface area contributed by atoms with Crippen LogP contribution in [0.15, 0.2) is 47.1 Å². The molecule has 1 heterocycles. The highest BCUT2D eigenvalue weighted by molar-refractivity contribution is 9.10. The van der Waals surface area contributed by atoms with Gasteiger partial charge in [0.05, 0.1) is 16.5 Å². The zero-order valence-corrected chi connectivity index (χ0v) is 14.5. The summed E-state index contributed by atoms with van der Waals surface area (Å²) >= 11 is 3.31. The molecule has 1 atom stereocenters. The summed E-state index contributed by atoms with van der Waals surface area (Å²) in [6.45, 7) is 2.10. The van der Waals surface area contributed by atoms with Crippen LogP contribution in [0.1, 0.15) is 23.7 Å². The Morgan fingerprint density at radius 1 is 1.38 bits per heavy atom. The van der Waals surface area contributed by atoms with Crippen molar-refractivity contribution >= 4 is 33.4 Å². The molecule has 0 amide bonds. The number of ether oxygens (including phenoxy) is 1. The van der Waals surface area contributed by atoms with E-state index in [2.05, 4.69) is 26.2 Å². The zero-order chi connectivity index (χ0) is 17.5. The van der Waals surface area contributed by atoms with Crippen molar-refractivity contribution in [1.29, 1.82) is 0 Å². The molecule has 0 spiro atoms. The van der Waals surface area contributed by atoms with Crippen molar-refractivity contribution < 1.29 is 14.5 Å². The van der Waals surface area contributed by atoms with Gasteiger partial charge in [0, 0.05) is 10.5 Å². The number of carbonyl (C=O) groups is 1. The van der Waals surface area contributed by atoms with E-state index >= 15 is 0 Å². The number of hydrogen-bond acceptors (Lipinski definition) is 6. The fraction of sp³-hybridized carbons (Fsp3) is 0.250. The highest BCUT2D eigenvalue weighted by Gasteiger charge is 2.15. The lowest BCUT2D eigenvalue weighted by molar-refractivity contribution is -0.385. The summed E-state index contributed by atoms with van der Waals surface area (Å²) < 4.78 is 6.00. The largest absolute Gasteiger partial charge is 0.460 e. The minimum Gasteiger partial charge on any atom is -0.460 e. The number of anilines is 1. The van der Waals surface area contributed by atoms with Crippen molar-refractivity contribution in [1.82, 2.24) is 4.98 Å². The number of nitro groups is 1. The van der Waals surface area contributed by atoms with Crippen LogP contribution in [-0.4, -0.2) is 28.5 Å². The van der Waals surface area contributed by atoms with Crippen molar-refractivity contribution in [3.05, 3.63) is 62.7 Å². The molecule has 1 unspecified atom stereocenters. The van der Waals surface area contributed by atoms with Gasteiger partial charge in [-0.3, -0.25) is 10.1 Å². The molecular weight excluding hydrogens is 378 g/mol. The van der Waals surface area contributed by atoms with E-state index in [-0.39, 0.29) is 18.3 Å². The molecule has 0 fully saturated rings. The third-order valence-electron chi connectivity index (χ3n) is 3.31. The Bertz CT molecular complexity index is 722. The van der Waals surface area contributed by atoms with Gasteiger partial charge in [0.2, 0.25) is 0 Å². The van der Waals surface area contributed by atoms with Gasteiger partial charge >= 0.3 is 5.97 Å². The van der Waals surface area contributed by atoms with E-state index < -0.39 is 10.9 Å². The Kier molecular flexibility index (Phi) is 6.25. The molecule has 126 valence electrons. The minimum atomic E-state index is -0.506. The van der Waals surface area contributed by atoms with Crippen molar-refractivity contribution in [2.45, 2.75) is 19.4 Å².